The number of Topliss-reactive ketones (excluding diaryl/α,β-unsaturated/α-hetero) is 1. The second kappa shape index (κ2) is 8.47. The van der Waals surface area contributed by atoms with Gasteiger partial charge in [0.25, 0.3) is 0 Å². The largest absolute Gasteiger partial charge is 0.454 e. The summed E-state index contributed by atoms with van der Waals surface area (Å²) < 4.78 is 54.6. The van der Waals surface area contributed by atoms with Crippen LogP contribution in [0.4, 0.5) is 8.78 Å². The molecule has 0 aliphatic carbocycles. The topological polar surface area (TPSA) is 82.4 Å². The van der Waals surface area contributed by atoms with Gasteiger partial charge in [-0.25, -0.2) is 13.2 Å². The van der Waals surface area contributed by atoms with Gasteiger partial charge in [0.2, 0.25) is 15.6 Å². The lowest BCUT2D eigenvalue weighted by atomic mass is 10.1. The molecule has 0 bridgehead atoms. The molecule has 28 heavy (non-hydrogen) atoms. The van der Waals surface area contributed by atoms with Crippen molar-refractivity contribution < 1.29 is 31.5 Å². The molecule has 0 radical (unpaired) electrons. The molecule has 9 heteroatoms. The third kappa shape index (κ3) is 4.36. The van der Waals surface area contributed by atoms with Crippen LogP contribution < -0.4 is 0 Å². The Labute approximate surface area is 161 Å². The molecule has 1 aromatic carbocycles. The molecule has 0 aliphatic rings. The minimum absolute atomic E-state index is 0.0573. The van der Waals surface area contributed by atoms with Crippen molar-refractivity contribution in [1.29, 1.82) is 0 Å². The van der Waals surface area contributed by atoms with Crippen molar-refractivity contribution in [2.24, 2.45) is 0 Å². The van der Waals surface area contributed by atoms with E-state index in [0.717, 1.165) is 35.7 Å². The number of aromatic nitrogens is 1. The second-order valence-electron chi connectivity index (χ2n) is 6.01. The lowest BCUT2D eigenvalue weighted by molar-refractivity contribution is 0.0474. The van der Waals surface area contributed by atoms with Crippen molar-refractivity contribution in [2.75, 3.05) is 6.61 Å². The molecule has 0 saturated heterocycles. The van der Waals surface area contributed by atoms with Gasteiger partial charge in [-0.05, 0) is 44.2 Å². The average molecular weight is 411 g/mol. The van der Waals surface area contributed by atoms with Crippen molar-refractivity contribution in [2.45, 2.75) is 31.0 Å². The molecule has 0 unspecified atom stereocenters. The van der Waals surface area contributed by atoms with E-state index in [2.05, 4.69) is 6.58 Å². The summed E-state index contributed by atoms with van der Waals surface area (Å²) in [7, 11) is -4.74. The maximum absolute atomic E-state index is 12.5. The fraction of sp³-hybridized carbons (Fsp3) is 0.263. The van der Waals surface area contributed by atoms with Gasteiger partial charge >= 0.3 is 11.7 Å². The van der Waals surface area contributed by atoms with Crippen LogP contribution >= 0.6 is 0 Å². The van der Waals surface area contributed by atoms with Crippen LogP contribution in [-0.4, -0.2) is 37.1 Å². The van der Waals surface area contributed by atoms with Crippen LogP contribution in [0.25, 0.3) is 0 Å². The minimum Gasteiger partial charge on any atom is -0.454 e. The number of carbonyl (C=O) groups excluding carboxylic acids is 2. The predicted octanol–water partition coefficient (Wildman–Crippen LogP) is 3.33. The molecule has 1 heterocycles. The van der Waals surface area contributed by atoms with E-state index < -0.39 is 38.8 Å². The van der Waals surface area contributed by atoms with Crippen LogP contribution in [0.2, 0.25) is 0 Å². The number of hydrogen-bond acceptors (Lipinski definition) is 5. The number of rotatable bonds is 8. The van der Waals surface area contributed by atoms with Crippen molar-refractivity contribution in [3.05, 3.63) is 65.5 Å². The summed E-state index contributed by atoms with van der Waals surface area (Å²) in [4.78, 5) is 23.8. The van der Waals surface area contributed by atoms with Crippen LogP contribution in [0.1, 0.15) is 32.1 Å². The predicted molar refractivity (Wildman–Crippen MR) is 98.3 cm³/mol. The van der Waals surface area contributed by atoms with E-state index in [0.29, 0.717) is 12.1 Å². The molecule has 6 nitrogen and oxygen atoms in total. The number of hydrogen-bond donors (Lipinski definition) is 0. The molecule has 0 amide bonds. The van der Waals surface area contributed by atoms with Crippen LogP contribution in [0, 0.1) is 13.8 Å². The van der Waals surface area contributed by atoms with Crippen molar-refractivity contribution >= 4 is 21.6 Å². The zero-order valence-electron chi connectivity index (χ0n) is 15.3. The number of benzene rings is 1. The smallest absolute Gasteiger partial charge is 0.341 e. The first kappa shape index (κ1) is 21.5. The molecular weight excluding hydrogens is 392 g/mol. The number of esters is 1. The highest BCUT2D eigenvalue weighted by Gasteiger charge is 2.26. The highest BCUT2D eigenvalue weighted by atomic mass is 32.2. The van der Waals surface area contributed by atoms with Gasteiger partial charge in [-0.3, -0.25) is 4.79 Å². The van der Waals surface area contributed by atoms with Crippen molar-refractivity contribution in [3.63, 3.8) is 0 Å². The summed E-state index contributed by atoms with van der Waals surface area (Å²) >= 11 is 0. The van der Waals surface area contributed by atoms with E-state index in [4.69, 9.17) is 4.74 Å². The van der Waals surface area contributed by atoms with E-state index >= 15 is 0 Å². The van der Waals surface area contributed by atoms with Gasteiger partial charge in [0.15, 0.2) is 6.61 Å². The van der Waals surface area contributed by atoms with E-state index in [1.54, 1.807) is 19.1 Å². The molecule has 1 aromatic heterocycles. The molecule has 0 spiro atoms. The average Bonchev–Trinajstić information content (AvgIpc) is 2.94. The summed E-state index contributed by atoms with van der Waals surface area (Å²) in [5.41, 5.74) is 1.95. The van der Waals surface area contributed by atoms with Gasteiger partial charge in [0.1, 0.15) is 0 Å². The van der Waals surface area contributed by atoms with Gasteiger partial charge in [-0.15, -0.1) is 6.58 Å². The van der Waals surface area contributed by atoms with Gasteiger partial charge in [-0.2, -0.15) is 8.78 Å². The Morgan fingerprint density at radius 1 is 1.21 bits per heavy atom. The number of carbonyl (C=O) groups is 2. The maximum Gasteiger partial charge on any atom is 0.341 e. The summed E-state index contributed by atoms with van der Waals surface area (Å²) in [6.45, 7) is 7.31. The number of aryl methyl sites for hydroxylation is 1. The van der Waals surface area contributed by atoms with Gasteiger partial charge in [0.05, 0.1) is 10.5 Å². The van der Waals surface area contributed by atoms with Crippen LogP contribution in [0.15, 0.2) is 47.9 Å². The van der Waals surface area contributed by atoms with Crippen LogP contribution in [0.3, 0.4) is 0 Å². The fourth-order valence-electron chi connectivity index (χ4n) is 2.67. The monoisotopic (exact) mass is 411 g/mol. The molecule has 0 aliphatic heterocycles. The van der Waals surface area contributed by atoms with Crippen molar-refractivity contribution in [3.8, 4) is 0 Å². The Morgan fingerprint density at radius 2 is 1.82 bits per heavy atom. The molecule has 2 aromatic rings. The van der Waals surface area contributed by atoms with E-state index in [1.807, 2.05) is 11.5 Å². The summed E-state index contributed by atoms with van der Waals surface area (Å²) in [6, 6.07) is 5.58. The first-order valence-corrected chi connectivity index (χ1v) is 9.74. The van der Waals surface area contributed by atoms with Gasteiger partial charge < -0.3 is 9.30 Å². The van der Waals surface area contributed by atoms with E-state index in [9.17, 15) is 26.8 Å². The quantitative estimate of drug-likeness (QED) is 0.378. The highest BCUT2D eigenvalue weighted by Crippen LogP contribution is 2.19. The number of ketones is 1. The fourth-order valence-corrected chi connectivity index (χ4v) is 3.39. The van der Waals surface area contributed by atoms with Gasteiger partial charge in [0, 0.05) is 23.5 Å². The normalized spacial score (nSPS) is 11.5. The van der Waals surface area contributed by atoms with Gasteiger partial charge in [-0.1, -0.05) is 6.08 Å². The van der Waals surface area contributed by atoms with Crippen LogP contribution in [0.5, 0.6) is 0 Å². The maximum atomic E-state index is 12.5. The molecule has 150 valence electrons. The molecule has 2 rings (SSSR count). The Morgan fingerprint density at radius 3 is 2.36 bits per heavy atom. The van der Waals surface area contributed by atoms with E-state index in [1.165, 1.54) is 0 Å². The Kier molecular flexibility index (Phi) is 6.50. The third-order valence-electron chi connectivity index (χ3n) is 4.17. The summed E-state index contributed by atoms with van der Waals surface area (Å²) in [6.07, 6.45) is 1.70. The zero-order valence-corrected chi connectivity index (χ0v) is 16.1. The molecule has 0 N–H and O–H groups in total. The molecule has 0 fully saturated rings. The third-order valence-corrected chi connectivity index (χ3v) is 5.57. The molecule has 0 atom stereocenters. The SMILES string of the molecule is C=CCn1c(C)cc(C(=O)COC(=O)c2ccc(S(=O)(=O)C(F)F)cc2)c1C. The number of allylic oxidation sites excluding steroid dienone is 1. The Balaban J connectivity index is 2.07. The number of ether oxygens (including phenoxy) is 1. The molecular formula is C19H19F2NO5S. The summed E-state index contributed by atoms with van der Waals surface area (Å²) in [5, 5.41) is 0. The standard InChI is InChI=1S/C19H19F2NO5S/c1-4-9-22-12(2)10-16(13(22)3)17(23)11-27-18(24)14-5-7-15(8-6-14)28(25,26)19(20)21/h4-8,10,19H,1,9,11H2,2-3H3. The first-order valence-electron chi connectivity index (χ1n) is 8.19. The highest BCUT2D eigenvalue weighted by molar-refractivity contribution is 7.91. The van der Waals surface area contributed by atoms with E-state index in [-0.39, 0.29) is 5.56 Å². The zero-order chi connectivity index (χ0) is 21.1. The summed E-state index contributed by atoms with van der Waals surface area (Å²) in [5.74, 6) is -4.81. The minimum atomic E-state index is -4.74. The first-order chi connectivity index (χ1) is 13.1. The lowest BCUT2D eigenvalue weighted by Crippen LogP contribution is -2.15. The number of halogens is 2. The Hall–Kier alpha value is -2.81. The van der Waals surface area contributed by atoms with Crippen LogP contribution in [-0.2, 0) is 21.1 Å². The number of sulfone groups is 1. The number of alkyl halides is 2. The lowest BCUT2D eigenvalue weighted by Gasteiger charge is -2.07. The number of nitrogens with zero attached hydrogens (tertiary/aromatic N) is 1. The molecule has 0 saturated carbocycles. The second-order valence-corrected chi connectivity index (χ2v) is 7.93. The Bertz CT molecular complexity index is 1010. The van der Waals surface area contributed by atoms with Crippen molar-refractivity contribution in [1.82, 2.24) is 4.57 Å².